The summed E-state index contributed by atoms with van der Waals surface area (Å²) in [7, 11) is 0. The number of nitrogens with two attached hydrogens (primary N) is 1. The van der Waals surface area contributed by atoms with Gasteiger partial charge in [0, 0.05) is 6.54 Å². The molecule has 0 saturated heterocycles. The summed E-state index contributed by atoms with van der Waals surface area (Å²) in [6.07, 6.45) is 0. The van der Waals surface area contributed by atoms with E-state index in [0.29, 0.717) is 6.54 Å². The maximum atomic E-state index is 12.0. The maximum absolute atomic E-state index is 12.0. The van der Waals surface area contributed by atoms with Gasteiger partial charge >= 0.3 is 0 Å². The SMILES string of the molecule is CC(C)(C)[C@@H](N)C(=O)NCc1ccc(-c2ccccc2)cc1. The molecule has 0 saturated carbocycles. The van der Waals surface area contributed by atoms with Crippen LogP contribution in [0.2, 0.25) is 0 Å². The van der Waals surface area contributed by atoms with E-state index in [1.165, 1.54) is 11.1 Å². The molecule has 22 heavy (non-hydrogen) atoms. The average Bonchev–Trinajstić information content (AvgIpc) is 2.52. The number of hydrogen-bond donors (Lipinski definition) is 2. The van der Waals surface area contributed by atoms with Gasteiger partial charge in [-0.1, -0.05) is 75.4 Å². The van der Waals surface area contributed by atoms with E-state index in [0.717, 1.165) is 5.56 Å². The molecule has 0 aliphatic rings. The Hall–Kier alpha value is -2.13. The van der Waals surface area contributed by atoms with Crippen LogP contribution in [0.5, 0.6) is 0 Å². The standard InChI is InChI=1S/C19H24N2O/c1-19(2,3)17(20)18(22)21-13-14-9-11-16(12-10-14)15-7-5-4-6-8-15/h4-12,17H,13,20H2,1-3H3,(H,21,22)/t17-/m0/s1. The molecular formula is C19H24N2O. The molecule has 0 aromatic heterocycles. The van der Waals surface area contributed by atoms with Crippen molar-refractivity contribution in [3.63, 3.8) is 0 Å². The molecule has 0 fully saturated rings. The lowest BCUT2D eigenvalue weighted by molar-refractivity contribution is -0.124. The summed E-state index contributed by atoms with van der Waals surface area (Å²) in [5.74, 6) is -0.111. The number of carbonyl (C=O) groups excluding carboxylic acids is 1. The second-order valence-electron chi connectivity index (χ2n) is 6.62. The zero-order valence-corrected chi connectivity index (χ0v) is 13.5. The van der Waals surface area contributed by atoms with Gasteiger partial charge in [-0.25, -0.2) is 0 Å². The highest BCUT2D eigenvalue weighted by Gasteiger charge is 2.26. The molecule has 0 aliphatic carbocycles. The van der Waals surface area contributed by atoms with Gasteiger partial charge in [-0.3, -0.25) is 4.79 Å². The van der Waals surface area contributed by atoms with Gasteiger partial charge < -0.3 is 11.1 Å². The summed E-state index contributed by atoms with van der Waals surface area (Å²) in [5, 5.41) is 2.90. The molecule has 1 amide bonds. The van der Waals surface area contributed by atoms with Gasteiger partial charge in [0.1, 0.15) is 0 Å². The third-order valence-corrected chi connectivity index (χ3v) is 3.74. The Morgan fingerprint density at radius 2 is 1.55 bits per heavy atom. The van der Waals surface area contributed by atoms with E-state index in [2.05, 4.69) is 29.6 Å². The van der Waals surface area contributed by atoms with Crippen LogP contribution in [0.4, 0.5) is 0 Å². The zero-order valence-electron chi connectivity index (χ0n) is 13.5. The third kappa shape index (κ3) is 4.18. The summed E-state index contributed by atoms with van der Waals surface area (Å²) in [6, 6.07) is 17.9. The van der Waals surface area contributed by atoms with Crippen molar-refractivity contribution in [3.8, 4) is 11.1 Å². The number of amides is 1. The van der Waals surface area contributed by atoms with Crippen molar-refractivity contribution in [2.24, 2.45) is 11.1 Å². The Balaban J connectivity index is 1.96. The zero-order chi connectivity index (χ0) is 16.2. The van der Waals surface area contributed by atoms with Gasteiger partial charge in [0.25, 0.3) is 0 Å². The molecule has 0 bridgehead atoms. The van der Waals surface area contributed by atoms with Gasteiger partial charge in [-0.15, -0.1) is 0 Å². The summed E-state index contributed by atoms with van der Waals surface area (Å²) >= 11 is 0. The average molecular weight is 296 g/mol. The van der Waals surface area contributed by atoms with E-state index in [9.17, 15) is 4.79 Å². The third-order valence-electron chi connectivity index (χ3n) is 3.74. The minimum Gasteiger partial charge on any atom is -0.351 e. The summed E-state index contributed by atoms with van der Waals surface area (Å²) in [6.45, 7) is 6.39. The summed E-state index contributed by atoms with van der Waals surface area (Å²) < 4.78 is 0. The number of nitrogens with one attached hydrogen (secondary N) is 1. The second-order valence-corrected chi connectivity index (χ2v) is 6.62. The normalized spacial score (nSPS) is 12.7. The van der Waals surface area contributed by atoms with Crippen LogP contribution < -0.4 is 11.1 Å². The van der Waals surface area contributed by atoms with Crippen LogP contribution in [0, 0.1) is 5.41 Å². The number of hydrogen-bond acceptors (Lipinski definition) is 2. The van der Waals surface area contributed by atoms with Crippen LogP contribution in [0.25, 0.3) is 11.1 Å². The number of benzene rings is 2. The van der Waals surface area contributed by atoms with Crippen LogP contribution in [0.3, 0.4) is 0 Å². The first kappa shape index (κ1) is 16.2. The number of carbonyl (C=O) groups is 1. The van der Waals surface area contributed by atoms with Crippen molar-refractivity contribution < 1.29 is 4.79 Å². The van der Waals surface area contributed by atoms with Crippen molar-refractivity contribution in [3.05, 3.63) is 60.2 Å². The fraction of sp³-hybridized carbons (Fsp3) is 0.316. The van der Waals surface area contributed by atoms with Crippen molar-refractivity contribution in [2.75, 3.05) is 0 Å². The fourth-order valence-electron chi connectivity index (χ4n) is 2.14. The maximum Gasteiger partial charge on any atom is 0.237 e. The molecule has 3 heteroatoms. The molecular weight excluding hydrogens is 272 g/mol. The minimum atomic E-state index is -0.504. The first-order chi connectivity index (χ1) is 10.4. The minimum absolute atomic E-state index is 0.111. The molecule has 2 aromatic rings. The topological polar surface area (TPSA) is 55.1 Å². The largest absolute Gasteiger partial charge is 0.351 e. The molecule has 0 aliphatic heterocycles. The molecule has 3 N–H and O–H groups in total. The molecule has 0 spiro atoms. The Kier molecular flexibility index (Phi) is 4.99. The quantitative estimate of drug-likeness (QED) is 0.909. The van der Waals surface area contributed by atoms with Crippen molar-refractivity contribution in [1.82, 2.24) is 5.32 Å². The number of rotatable bonds is 4. The lowest BCUT2D eigenvalue weighted by Gasteiger charge is -2.25. The van der Waals surface area contributed by atoms with Crippen molar-refractivity contribution in [2.45, 2.75) is 33.4 Å². The fourth-order valence-corrected chi connectivity index (χ4v) is 2.14. The Morgan fingerprint density at radius 1 is 1.00 bits per heavy atom. The van der Waals surface area contributed by atoms with Crippen LogP contribution in [-0.2, 0) is 11.3 Å². The lowest BCUT2D eigenvalue weighted by atomic mass is 9.87. The smallest absolute Gasteiger partial charge is 0.237 e. The van der Waals surface area contributed by atoms with E-state index in [1.807, 2.05) is 51.1 Å². The predicted molar refractivity (Wildman–Crippen MR) is 91.2 cm³/mol. The van der Waals surface area contributed by atoms with Crippen LogP contribution in [0.1, 0.15) is 26.3 Å². The first-order valence-electron chi connectivity index (χ1n) is 7.55. The summed E-state index contributed by atoms with van der Waals surface area (Å²) in [4.78, 5) is 12.0. The Bertz CT molecular complexity index is 612. The summed E-state index contributed by atoms with van der Waals surface area (Å²) in [5.41, 5.74) is 9.13. The first-order valence-corrected chi connectivity index (χ1v) is 7.55. The van der Waals surface area contributed by atoms with E-state index in [-0.39, 0.29) is 11.3 Å². The molecule has 2 rings (SSSR count). The molecule has 116 valence electrons. The van der Waals surface area contributed by atoms with Crippen molar-refractivity contribution >= 4 is 5.91 Å². The van der Waals surface area contributed by atoms with Crippen molar-refractivity contribution in [1.29, 1.82) is 0 Å². The van der Waals surface area contributed by atoms with E-state index in [1.54, 1.807) is 0 Å². The lowest BCUT2D eigenvalue weighted by Crippen LogP contribution is -2.48. The van der Waals surface area contributed by atoms with Crippen LogP contribution in [0.15, 0.2) is 54.6 Å². The highest BCUT2D eigenvalue weighted by molar-refractivity contribution is 5.82. The highest BCUT2D eigenvalue weighted by Crippen LogP contribution is 2.20. The van der Waals surface area contributed by atoms with Crippen LogP contribution in [-0.4, -0.2) is 11.9 Å². The molecule has 0 unspecified atom stereocenters. The highest BCUT2D eigenvalue weighted by atomic mass is 16.2. The molecule has 3 nitrogen and oxygen atoms in total. The van der Waals surface area contributed by atoms with Gasteiger partial charge in [0.2, 0.25) is 5.91 Å². The predicted octanol–water partition coefficient (Wildman–Crippen LogP) is 3.34. The van der Waals surface area contributed by atoms with Gasteiger partial charge in [-0.05, 0) is 22.1 Å². The van der Waals surface area contributed by atoms with Crippen LogP contribution >= 0.6 is 0 Å². The Morgan fingerprint density at radius 3 is 2.09 bits per heavy atom. The monoisotopic (exact) mass is 296 g/mol. The second kappa shape index (κ2) is 6.75. The van der Waals surface area contributed by atoms with E-state index in [4.69, 9.17) is 5.73 Å². The van der Waals surface area contributed by atoms with Gasteiger partial charge in [-0.2, -0.15) is 0 Å². The van der Waals surface area contributed by atoms with E-state index >= 15 is 0 Å². The van der Waals surface area contributed by atoms with Gasteiger partial charge in [0.15, 0.2) is 0 Å². The Labute approximate surface area is 132 Å². The molecule has 2 aromatic carbocycles. The van der Waals surface area contributed by atoms with Gasteiger partial charge in [0.05, 0.1) is 6.04 Å². The van der Waals surface area contributed by atoms with E-state index < -0.39 is 6.04 Å². The molecule has 0 heterocycles. The molecule has 1 atom stereocenters. The molecule has 0 radical (unpaired) electrons.